The van der Waals surface area contributed by atoms with Crippen LogP contribution in [0, 0.1) is 6.92 Å². The lowest BCUT2D eigenvalue weighted by atomic mass is 10.1. The molecule has 0 aliphatic carbocycles. The molecule has 0 unspecified atom stereocenters. The second kappa shape index (κ2) is 14.8. The lowest BCUT2D eigenvalue weighted by Gasteiger charge is -2.34. The number of anilines is 1. The molecule has 43 heavy (non-hydrogen) atoms. The normalized spacial score (nSPS) is 12.0. The van der Waals surface area contributed by atoms with E-state index in [-0.39, 0.29) is 41.2 Å². The molecule has 1 N–H and O–H groups in total. The molecular weight excluding hydrogens is 613 g/mol. The van der Waals surface area contributed by atoms with Gasteiger partial charge in [-0.3, -0.25) is 13.9 Å². The number of aryl methyl sites for hydroxylation is 1. The SMILES string of the molecule is CC[C@H](C(=O)NC(C)C)N(Cc1c(Cl)cccc1Cl)C(=O)CN(c1ccc(OC)c(OC)c1)S(=O)(=O)c1ccc(C)cc1. The van der Waals surface area contributed by atoms with Crippen LogP contribution in [0.3, 0.4) is 0 Å². The van der Waals surface area contributed by atoms with Crippen LogP contribution in [0.5, 0.6) is 11.5 Å². The standard InChI is InChI=1S/C31H37Cl2N3O6S/c1-7-27(31(38)34-20(2)3)35(18-24-25(32)9-8-10-26(24)33)30(37)19-36(22-13-16-28(41-5)29(17-22)42-6)43(39,40)23-14-11-21(4)12-15-23/h8-17,20,27H,7,18-19H2,1-6H3,(H,34,38)/t27-/m1/s1. The number of carbonyl (C=O) groups excluding carboxylic acids is 2. The summed E-state index contributed by atoms with van der Waals surface area (Å²) in [7, 11) is -1.37. The number of sulfonamides is 1. The van der Waals surface area contributed by atoms with Gasteiger partial charge in [0.05, 0.1) is 24.8 Å². The first kappa shape index (κ1) is 34.0. The summed E-state index contributed by atoms with van der Waals surface area (Å²) in [5.41, 5.74) is 1.48. The lowest BCUT2D eigenvalue weighted by molar-refractivity contribution is -0.140. The van der Waals surface area contributed by atoms with Crippen molar-refractivity contribution >= 4 is 50.7 Å². The third-order valence-electron chi connectivity index (χ3n) is 6.75. The van der Waals surface area contributed by atoms with Crippen LogP contribution < -0.4 is 19.1 Å². The van der Waals surface area contributed by atoms with Crippen LogP contribution in [0.4, 0.5) is 5.69 Å². The highest BCUT2D eigenvalue weighted by Crippen LogP contribution is 2.34. The molecule has 0 aliphatic rings. The van der Waals surface area contributed by atoms with E-state index >= 15 is 0 Å². The summed E-state index contributed by atoms with van der Waals surface area (Å²) in [5.74, 6) is -0.351. The van der Waals surface area contributed by atoms with E-state index in [0.717, 1.165) is 9.87 Å². The van der Waals surface area contributed by atoms with Gasteiger partial charge >= 0.3 is 0 Å². The summed E-state index contributed by atoms with van der Waals surface area (Å²) in [6.45, 7) is 6.50. The van der Waals surface area contributed by atoms with Gasteiger partial charge in [0.2, 0.25) is 11.8 Å². The molecule has 0 aromatic heterocycles. The van der Waals surface area contributed by atoms with E-state index in [4.69, 9.17) is 32.7 Å². The Bertz CT molecular complexity index is 1530. The zero-order valence-electron chi connectivity index (χ0n) is 25.1. The Kier molecular flexibility index (Phi) is 11.7. The van der Waals surface area contributed by atoms with Crippen LogP contribution >= 0.6 is 23.2 Å². The van der Waals surface area contributed by atoms with E-state index in [0.29, 0.717) is 21.4 Å². The van der Waals surface area contributed by atoms with Gasteiger partial charge in [-0.2, -0.15) is 0 Å². The van der Waals surface area contributed by atoms with Gasteiger partial charge < -0.3 is 19.7 Å². The highest BCUT2D eigenvalue weighted by atomic mass is 35.5. The minimum Gasteiger partial charge on any atom is -0.493 e. The molecule has 2 amide bonds. The van der Waals surface area contributed by atoms with Gasteiger partial charge in [0.15, 0.2) is 11.5 Å². The predicted octanol–water partition coefficient (Wildman–Crippen LogP) is 5.85. The zero-order chi connectivity index (χ0) is 31.9. The molecule has 1 atom stereocenters. The number of halogens is 2. The number of carbonyl (C=O) groups is 2. The van der Waals surface area contributed by atoms with E-state index in [2.05, 4.69) is 5.32 Å². The molecule has 0 fully saturated rings. The van der Waals surface area contributed by atoms with Crippen molar-refractivity contribution in [2.24, 2.45) is 0 Å². The lowest BCUT2D eigenvalue weighted by Crippen LogP contribution is -2.53. The third-order valence-corrected chi connectivity index (χ3v) is 9.25. The van der Waals surface area contributed by atoms with Crippen molar-refractivity contribution in [1.29, 1.82) is 0 Å². The zero-order valence-corrected chi connectivity index (χ0v) is 27.4. The van der Waals surface area contributed by atoms with Crippen molar-refractivity contribution in [3.05, 3.63) is 81.8 Å². The van der Waals surface area contributed by atoms with Crippen LogP contribution in [0.15, 0.2) is 65.6 Å². The molecule has 3 aromatic carbocycles. The second-order valence-electron chi connectivity index (χ2n) is 10.2. The molecule has 0 heterocycles. The number of nitrogens with zero attached hydrogens (tertiary/aromatic N) is 2. The summed E-state index contributed by atoms with van der Waals surface area (Å²) in [6, 6.07) is 14.7. The van der Waals surface area contributed by atoms with Crippen LogP contribution in [0.25, 0.3) is 0 Å². The van der Waals surface area contributed by atoms with E-state index in [1.165, 1.54) is 43.4 Å². The number of ether oxygens (including phenoxy) is 2. The average Bonchev–Trinajstić information content (AvgIpc) is 2.96. The number of nitrogens with one attached hydrogen (secondary N) is 1. The molecule has 0 aliphatic heterocycles. The summed E-state index contributed by atoms with van der Waals surface area (Å²) in [4.78, 5) is 28.9. The quantitative estimate of drug-likeness (QED) is 0.249. The van der Waals surface area contributed by atoms with E-state index in [1.54, 1.807) is 43.3 Å². The predicted molar refractivity (Wildman–Crippen MR) is 170 cm³/mol. The fourth-order valence-electron chi connectivity index (χ4n) is 4.50. The molecule has 0 saturated heterocycles. The first-order valence-electron chi connectivity index (χ1n) is 13.7. The summed E-state index contributed by atoms with van der Waals surface area (Å²) in [6.07, 6.45) is 0.257. The van der Waals surface area contributed by atoms with Gasteiger partial charge in [0.1, 0.15) is 12.6 Å². The number of amides is 2. The summed E-state index contributed by atoms with van der Waals surface area (Å²) in [5, 5.41) is 3.48. The topological polar surface area (TPSA) is 105 Å². The van der Waals surface area contributed by atoms with Crippen molar-refractivity contribution in [1.82, 2.24) is 10.2 Å². The van der Waals surface area contributed by atoms with Crippen LogP contribution in [0.2, 0.25) is 10.0 Å². The number of rotatable bonds is 13. The van der Waals surface area contributed by atoms with Crippen LogP contribution in [-0.4, -0.2) is 58.0 Å². The molecule has 232 valence electrons. The molecule has 3 aromatic rings. The Balaban J connectivity index is 2.16. The first-order chi connectivity index (χ1) is 20.3. The Hall–Kier alpha value is -3.47. The minimum atomic E-state index is -4.27. The Morgan fingerprint density at radius 1 is 0.930 bits per heavy atom. The maximum Gasteiger partial charge on any atom is 0.264 e. The molecule has 0 bridgehead atoms. The second-order valence-corrected chi connectivity index (χ2v) is 12.8. The van der Waals surface area contributed by atoms with Crippen LogP contribution in [0.1, 0.15) is 38.3 Å². The monoisotopic (exact) mass is 649 g/mol. The summed E-state index contributed by atoms with van der Waals surface area (Å²) >= 11 is 12.9. The molecule has 3 rings (SSSR count). The van der Waals surface area contributed by atoms with Gasteiger partial charge in [0.25, 0.3) is 10.0 Å². The van der Waals surface area contributed by atoms with Crippen molar-refractivity contribution < 1.29 is 27.5 Å². The molecule has 0 spiro atoms. The largest absolute Gasteiger partial charge is 0.493 e. The van der Waals surface area contributed by atoms with Gasteiger partial charge in [-0.25, -0.2) is 8.42 Å². The Morgan fingerprint density at radius 3 is 2.07 bits per heavy atom. The fourth-order valence-corrected chi connectivity index (χ4v) is 6.42. The van der Waals surface area contributed by atoms with E-state index < -0.39 is 28.5 Å². The Labute approximate surface area is 263 Å². The highest BCUT2D eigenvalue weighted by molar-refractivity contribution is 7.92. The number of methoxy groups -OCH3 is 2. The van der Waals surface area contributed by atoms with Gasteiger partial charge in [-0.05, 0) is 63.6 Å². The van der Waals surface area contributed by atoms with Gasteiger partial charge in [-0.1, -0.05) is 53.9 Å². The maximum absolute atomic E-state index is 14.3. The molecular formula is C31H37Cl2N3O6S. The highest BCUT2D eigenvalue weighted by Gasteiger charge is 2.34. The smallest absolute Gasteiger partial charge is 0.264 e. The summed E-state index contributed by atoms with van der Waals surface area (Å²) < 4.78 is 40.0. The van der Waals surface area contributed by atoms with E-state index in [1.807, 2.05) is 20.8 Å². The molecule has 0 saturated carbocycles. The van der Waals surface area contributed by atoms with Crippen molar-refractivity contribution in [3.63, 3.8) is 0 Å². The van der Waals surface area contributed by atoms with Crippen LogP contribution in [-0.2, 0) is 26.2 Å². The van der Waals surface area contributed by atoms with Crippen molar-refractivity contribution in [3.8, 4) is 11.5 Å². The van der Waals surface area contributed by atoms with Gasteiger partial charge in [-0.15, -0.1) is 0 Å². The molecule has 0 radical (unpaired) electrons. The fraction of sp³-hybridized carbons (Fsp3) is 0.355. The maximum atomic E-state index is 14.3. The average molecular weight is 651 g/mol. The van der Waals surface area contributed by atoms with E-state index in [9.17, 15) is 18.0 Å². The van der Waals surface area contributed by atoms with Gasteiger partial charge in [0, 0.05) is 34.3 Å². The molecule has 12 heteroatoms. The van der Waals surface area contributed by atoms with Crippen molar-refractivity contribution in [2.45, 2.75) is 57.6 Å². The number of hydrogen-bond acceptors (Lipinski definition) is 6. The Morgan fingerprint density at radius 2 is 1.53 bits per heavy atom. The van der Waals surface area contributed by atoms with Crippen molar-refractivity contribution in [2.75, 3.05) is 25.1 Å². The first-order valence-corrected chi connectivity index (χ1v) is 15.9. The molecule has 9 nitrogen and oxygen atoms in total. The third kappa shape index (κ3) is 8.13. The number of benzene rings is 3. The number of hydrogen-bond donors (Lipinski definition) is 1. The minimum absolute atomic E-state index is 0.00836.